The lowest BCUT2D eigenvalue weighted by Gasteiger charge is -2.42. The lowest BCUT2D eigenvalue weighted by molar-refractivity contribution is -0.150. The maximum atomic E-state index is 12.2. The highest BCUT2D eigenvalue weighted by atomic mass is 32.2. The minimum absolute atomic E-state index is 0.117. The van der Waals surface area contributed by atoms with E-state index in [1.54, 1.807) is 30.5 Å². The molecule has 1 atom stereocenters. The summed E-state index contributed by atoms with van der Waals surface area (Å²) in [5, 5.41) is 2.76. The summed E-state index contributed by atoms with van der Waals surface area (Å²) in [7, 11) is 0. The number of nitrogens with two attached hydrogens (primary N) is 1. The van der Waals surface area contributed by atoms with E-state index in [2.05, 4.69) is 5.32 Å². The highest BCUT2D eigenvalue weighted by molar-refractivity contribution is 7.98. The third kappa shape index (κ3) is 3.13. The summed E-state index contributed by atoms with van der Waals surface area (Å²) in [4.78, 5) is 25.5. The third-order valence-electron chi connectivity index (χ3n) is 3.07. The van der Waals surface area contributed by atoms with Crippen molar-refractivity contribution in [2.75, 3.05) is 25.1 Å². The smallest absolute Gasteiger partial charge is 0.245 e. The van der Waals surface area contributed by atoms with Gasteiger partial charge in [-0.15, -0.1) is 0 Å². The van der Waals surface area contributed by atoms with Crippen molar-refractivity contribution in [1.82, 2.24) is 10.2 Å². The zero-order valence-electron chi connectivity index (χ0n) is 10.7. The summed E-state index contributed by atoms with van der Waals surface area (Å²) in [6.07, 6.45) is 2.63. The van der Waals surface area contributed by atoms with Gasteiger partial charge in [-0.05, 0) is 32.3 Å². The largest absolute Gasteiger partial charge is 0.352 e. The number of thioether (sulfide) groups is 1. The molecule has 0 unspecified atom stereocenters. The SMILES string of the molecule is CSCC[C@H](N)C(=O)N1CCNC(=O)C1(C)C. The molecule has 1 saturated heterocycles. The first-order valence-corrected chi connectivity index (χ1v) is 7.15. The third-order valence-corrected chi connectivity index (χ3v) is 3.71. The molecule has 17 heavy (non-hydrogen) atoms. The fraction of sp³-hybridized carbons (Fsp3) is 0.818. The number of hydrogen-bond acceptors (Lipinski definition) is 4. The molecule has 1 fully saturated rings. The Hall–Kier alpha value is -0.750. The summed E-state index contributed by atoms with van der Waals surface area (Å²) in [6, 6.07) is -0.507. The Balaban J connectivity index is 2.70. The van der Waals surface area contributed by atoms with E-state index in [4.69, 9.17) is 5.73 Å². The van der Waals surface area contributed by atoms with Gasteiger partial charge in [-0.2, -0.15) is 11.8 Å². The van der Waals surface area contributed by atoms with Crippen LogP contribution in [0.4, 0.5) is 0 Å². The number of carbonyl (C=O) groups is 2. The van der Waals surface area contributed by atoms with E-state index in [0.717, 1.165) is 5.75 Å². The van der Waals surface area contributed by atoms with Crippen LogP contribution in [-0.4, -0.2) is 53.4 Å². The van der Waals surface area contributed by atoms with Crippen molar-refractivity contribution >= 4 is 23.6 Å². The minimum atomic E-state index is -0.799. The van der Waals surface area contributed by atoms with Gasteiger partial charge in [-0.3, -0.25) is 9.59 Å². The zero-order valence-corrected chi connectivity index (χ0v) is 11.5. The standard InChI is InChI=1S/C11H21N3O2S/c1-11(2)10(16)13-5-6-14(11)9(15)8(12)4-7-17-3/h8H,4-7,12H2,1-3H3,(H,13,16)/t8-/m0/s1. The molecule has 2 amide bonds. The molecular weight excluding hydrogens is 238 g/mol. The first-order chi connectivity index (χ1) is 7.91. The fourth-order valence-corrected chi connectivity index (χ4v) is 2.34. The Labute approximate surface area is 106 Å². The van der Waals surface area contributed by atoms with Gasteiger partial charge in [-0.25, -0.2) is 0 Å². The highest BCUT2D eigenvalue weighted by Crippen LogP contribution is 2.19. The predicted octanol–water partition coefficient (Wildman–Crippen LogP) is -0.196. The molecule has 0 aromatic rings. The molecular formula is C11H21N3O2S. The fourth-order valence-electron chi connectivity index (χ4n) is 1.85. The monoisotopic (exact) mass is 259 g/mol. The lowest BCUT2D eigenvalue weighted by atomic mass is 9.97. The molecule has 0 aromatic carbocycles. The number of carbonyl (C=O) groups excluding carboxylic acids is 2. The molecule has 1 aliphatic heterocycles. The van der Waals surface area contributed by atoms with Gasteiger partial charge < -0.3 is 16.0 Å². The van der Waals surface area contributed by atoms with Crippen molar-refractivity contribution in [3.05, 3.63) is 0 Å². The number of piperazine rings is 1. The van der Waals surface area contributed by atoms with Crippen molar-refractivity contribution in [2.45, 2.75) is 31.8 Å². The van der Waals surface area contributed by atoms with E-state index >= 15 is 0 Å². The van der Waals surface area contributed by atoms with E-state index in [9.17, 15) is 9.59 Å². The van der Waals surface area contributed by atoms with E-state index in [1.165, 1.54) is 0 Å². The van der Waals surface area contributed by atoms with Gasteiger partial charge >= 0.3 is 0 Å². The van der Waals surface area contributed by atoms with Crippen LogP contribution >= 0.6 is 11.8 Å². The molecule has 0 aliphatic carbocycles. The quantitative estimate of drug-likeness (QED) is 0.733. The average molecular weight is 259 g/mol. The molecule has 1 heterocycles. The first kappa shape index (κ1) is 14.3. The molecule has 1 rings (SSSR count). The summed E-state index contributed by atoms with van der Waals surface area (Å²) < 4.78 is 0. The Kier molecular flexibility index (Phi) is 4.82. The molecule has 98 valence electrons. The maximum Gasteiger partial charge on any atom is 0.245 e. The average Bonchev–Trinajstić information content (AvgIpc) is 2.28. The molecule has 0 radical (unpaired) electrons. The second kappa shape index (κ2) is 5.73. The second-order valence-electron chi connectivity index (χ2n) is 4.69. The van der Waals surface area contributed by atoms with Crippen molar-refractivity contribution in [3.8, 4) is 0 Å². The van der Waals surface area contributed by atoms with Crippen LogP contribution in [0.5, 0.6) is 0 Å². The van der Waals surface area contributed by atoms with E-state index in [-0.39, 0.29) is 11.8 Å². The Bertz CT molecular complexity index is 307. The number of nitrogens with zero attached hydrogens (tertiary/aromatic N) is 1. The summed E-state index contributed by atoms with van der Waals surface area (Å²) in [6.45, 7) is 4.54. The molecule has 6 heteroatoms. The van der Waals surface area contributed by atoms with E-state index in [0.29, 0.717) is 19.5 Å². The molecule has 1 aliphatic rings. The van der Waals surface area contributed by atoms with Gasteiger partial charge in [0.1, 0.15) is 5.54 Å². The van der Waals surface area contributed by atoms with Crippen LogP contribution in [0, 0.1) is 0 Å². The Morgan fingerprint density at radius 1 is 1.65 bits per heavy atom. The highest BCUT2D eigenvalue weighted by Gasteiger charge is 2.41. The van der Waals surface area contributed by atoms with Crippen molar-refractivity contribution in [2.24, 2.45) is 5.73 Å². The Morgan fingerprint density at radius 3 is 2.88 bits per heavy atom. The van der Waals surface area contributed by atoms with Crippen LogP contribution in [0.1, 0.15) is 20.3 Å². The first-order valence-electron chi connectivity index (χ1n) is 5.75. The molecule has 5 nitrogen and oxygen atoms in total. The van der Waals surface area contributed by atoms with Crippen LogP contribution < -0.4 is 11.1 Å². The Morgan fingerprint density at radius 2 is 2.29 bits per heavy atom. The van der Waals surface area contributed by atoms with Gasteiger partial charge in [0.05, 0.1) is 6.04 Å². The van der Waals surface area contributed by atoms with E-state index < -0.39 is 11.6 Å². The van der Waals surface area contributed by atoms with Gasteiger partial charge in [-0.1, -0.05) is 0 Å². The summed E-state index contributed by atoms with van der Waals surface area (Å²) in [5.41, 5.74) is 5.07. The van der Waals surface area contributed by atoms with Crippen LogP contribution in [0.15, 0.2) is 0 Å². The molecule has 0 spiro atoms. The minimum Gasteiger partial charge on any atom is -0.352 e. The van der Waals surface area contributed by atoms with Crippen LogP contribution in [0.25, 0.3) is 0 Å². The van der Waals surface area contributed by atoms with E-state index in [1.807, 2.05) is 6.26 Å². The van der Waals surface area contributed by atoms with Crippen LogP contribution in [-0.2, 0) is 9.59 Å². The molecule has 3 N–H and O–H groups in total. The number of hydrogen-bond donors (Lipinski definition) is 2. The summed E-state index contributed by atoms with van der Waals surface area (Å²) in [5.74, 6) is 0.612. The van der Waals surface area contributed by atoms with Gasteiger partial charge in [0.2, 0.25) is 11.8 Å². The van der Waals surface area contributed by atoms with Crippen LogP contribution in [0.2, 0.25) is 0 Å². The van der Waals surface area contributed by atoms with Gasteiger partial charge in [0.15, 0.2) is 0 Å². The summed E-state index contributed by atoms with van der Waals surface area (Å²) >= 11 is 1.66. The molecule has 0 aromatic heterocycles. The lowest BCUT2D eigenvalue weighted by Crippen LogP contribution is -2.65. The molecule has 0 bridgehead atoms. The predicted molar refractivity (Wildman–Crippen MR) is 69.8 cm³/mol. The topological polar surface area (TPSA) is 75.4 Å². The maximum absolute atomic E-state index is 12.2. The van der Waals surface area contributed by atoms with Gasteiger partial charge in [0, 0.05) is 13.1 Å². The van der Waals surface area contributed by atoms with Gasteiger partial charge in [0.25, 0.3) is 0 Å². The normalized spacial score (nSPS) is 20.9. The van der Waals surface area contributed by atoms with Crippen molar-refractivity contribution in [1.29, 1.82) is 0 Å². The number of nitrogens with one attached hydrogen (secondary N) is 1. The second-order valence-corrected chi connectivity index (χ2v) is 5.68. The van der Waals surface area contributed by atoms with Crippen molar-refractivity contribution in [3.63, 3.8) is 0 Å². The van der Waals surface area contributed by atoms with Crippen LogP contribution in [0.3, 0.4) is 0 Å². The zero-order chi connectivity index (χ0) is 13.1. The molecule has 0 saturated carbocycles. The number of amides is 2. The van der Waals surface area contributed by atoms with Crippen molar-refractivity contribution < 1.29 is 9.59 Å². The number of rotatable bonds is 4.